The first-order valence-corrected chi connectivity index (χ1v) is 6.09. The molecule has 14 heavy (non-hydrogen) atoms. The van der Waals surface area contributed by atoms with E-state index in [1.165, 1.54) is 12.1 Å². The number of halogens is 1. The molecule has 0 radical (unpaired) electrons. The van der Waals surface area contributed by atoms with Crippen LogP contribution in [0.5, 0.6) is 0 Å². The zero-order valence-corrected chi connectivity index (χ0v) is 9.31. The van der Waals surface area contributed by atoms with Gasteiger partial charge in [0, 0.05) is 10.6 Å². The lowest BCUT2D eigenvalue weighted by molar-refractivity contribution is 0.610. The maximum Gasteiger partial charge on any atom is 0.124 e. The SMILES string of the molecule is CCC(C)CS(=O)c1cccc(F)c1. The van der Waals surface area contributed by atoms with E-state index in [2.05, 4.69) is 13.8 Å². The highest BCUT2D eigenvalue weighted by molar-refractivity contribution is 7.85. The van der Waals surface area contributed by atoms with Crippen molar-refractivity contribution in [3.8, 4) is 0 Å². The zero-order valence-electron chi connectivity index (χ0n) is 8.50. The van der Waals surface area contributed by atoms with E-state index in [4.69, 9.17) is 0 Å². The Hall–Kier alpha value is -0.700. The van der Waals surface area contributed by atoms with Crippen LogP contribution >= 0.6 is 0 Å². The molecule has 0 amide bonds. The van der Waals surface area contributed by atoms with E-state index >= 15 is 0 Å². The van der Waals surface area contributed by atoms with Crippen molar-refractivity contribution in [3.05, 3.63) is 30.1 Å². The first-order chi connectivity index (χ1) is 6.63. The predicted octanol–water partition coefficient (Wildman–Crippen LogP) is 2.98. The minimum Gasteiger partial charge on any atom is -0.254 e. The molecule has 0 bridgehead atoms. The second kappa shape index (κ2) is 5.25. The van der Waals surface area contributed by atoms with E-state index in [-0.39, 0.29) is 5.82 Å². The lowest BCUT2D eigenvalue weighted by Crippen LogP contribution is -2.07. The molecule has 1 aromatic rings. The fourth-order valence-electron chi connectivity index (χ4n) is 1.08. The molecule has 0 spiro atoms. The molecule has 0 aliphatic heterocycles. The molecule has 78 valence electrons. The first kappa shape index (κ1) is 11.4. The molecule has 1 aromatic carbocycles. The summed E-state index contributed by atoms with van der Waals surface area (Å²) in [6.07, 6.45) is 1.00. The van der Waals surface area contributed by atoms with Crippen molar-refractivity contribution >= 4 is 10.8 Å². The third-order valence-electron chi connectivity index (χ3n) is 2.19. The van der Waals surface area contributed by atoms with Crippen LogP contribution in [0.25, 0.3) is 0 Å². The van der Waals surface area contributed by atoms with Gasteiger partial charge in [0.05, 0.1) is 10.8 Å². The van der Waals surface area contributed by atoms with Gasteiger partial charge in [-0.3, -0.25) is 4.21 Å². The van der Waals surface area contributed by atoms with E-state index in [1.54, 1.807) is 12.1 Å². The largest absolute Gasteiger partial charge is 0.254 e. The van der Waals surface area contributed by atoms with Crippen molar-refractivity contribution in [2.24, 2.45) is 5.92 Å². The zero-order chi connectivity index (χ0) is 10.6. The lowest BCUT2D eigenvalue weighted by Gasteiger charge is -2.07. The van der Waals surface area contributed by atoms with Crippen molar-refractivity contribution in [1.29, 1.82) is 0 Å². The van der Waals surface area contributed by atoms with Gasteiger partial charge in [0.2, 0.25) is 0 Å². The topological polar surface area (TPSA) is 17.1 Å². The van der Waals surface area contributed by atoms with Gasteiger partial charge in [0.25, 0.3) is 0 Å². The van der Waals surface area contributed by atoms with E-state index in [9.17, 15) is 8.60 Å². The molecule has 0 saturated heterocycles. The maximum absolute atomic E-state index is 12.8. The molecular formula is C11H15FOS. The number of hydrogen-bond donors (Lipinski definition) is 0. The van der Waals surface area contributed by atoms with Crippen LogP contribution in [-0.4, -0.2) is 9.96 Å². The minimum atomic E-state index is -1.06. The van der Waals surface area contributed by atoms with Crippen LogP contribution in [0.3, 0.4) is 0 Å². The smallest absolute Gasteiger partial charge is 0.124 e. The number of hydrogen-bond acceptors (Lipinski definition) is 1. The van der Waals surface area contributed by atoms with E-state index in [0.717, 1.165) is 6.42 Å². The van der Waals surface area contributed by atoms with Gasteiger partial charge in [-0.1, -0.05) is 26.3 Å². The summed E-state index contributed by atoms with van der Waals surface area (Å²) in [5.41, 5.74) is 0. The van der Waals surface area contributed by atoms with Gasteiger partial charge in [-0.25, -0.2) is 4.39 Å². The second-order valence-electron chi connectivity index (χ2n) is 3.48. The Morgan fingerprint density at radius 3 is 2.79 bits per heavy atom. The Labute approximate surface area is 86.8 Å². The summed E-state index contributed by atoms with van der Waals surface area (Å²) < 4.78 is 24.5. The van der Waals surface area contributed by atoms with Gasteiger partial charge in [-0.2, -0.15) is 0 Å². The summed E-state index contributed by atoms with van der Waals surface area (Å²) in [5.74, 6) is 0.707. The average Bonchev–Trinajstić information content (AvgIpc) is 2.17. The van der Waals surface area contributed by atoms with Crippen molar-refractivity contribution in [3.63, 3.8) is 0 Å². The molecule has 0 heterocycles. The fraction of sp³-hybridized carbons (Fsp3) is 0.455. The van der Waals surface area contributed by atoms with Crippen LogP contribution < -0.4 is 0 Å². The predicted molar refractivity (Wildman–Crippen MR) is 57.1 cm³/mol. The molecule has 2 unspecified atom stereocenters. The highest BCUT2D eigenvalue weighted by Gasteiger charge is 2.08. The normalized spacial score (nSPS) is 15.1. The highest BCUT2D eigenvalue weighted by atomic mass is 32.2. The fourth-order valence-corrected chi connectivity index (χ4v) is 2.50. The molecule has 1 nitrogen and oxygen atoms in total. The van der Waals surface area contributed by atoms with Crippen molar-refractivity contribution < 1.29 is 8.60 Å². The quantitative estimate of drug-likeness (QED) is 0.753. The van der Waals surface area contributed by atoms with Gasteiger partial charge in [-0.15, -0.1) is 0 Å². The Bertz CT molecular complexity index is 325. The standard InChI is InChI=1S/C11H15FOS/c1-3-9(2)8-14(13)11-6-4-5-10(12)7-11/h4-7,9H,3,8H2,1-2H3. The van der Waals surface area contributed by atoms with Gasteiger partial charge in [-0.05, 0) is 24.1 Å². The molecule has 0 saturated carbocycles. The number of rotatable bonds is 4. The molecule has 1 rings (SSSR count). The van der Waals surface area contributed by atoms with Crippen molar-refractivity contribution in [1.82, 2.24) is 0 Å². The molecular weight excluding hydrogens is 199 g/mol. The number of benzene rings is 1. The van der Waals surface area contributed by atoms with E-state index in [1.807, 2.05) is 0 Å². The Morgan fingerprint density at radius 1 is 1.50 bits per heavy atom. The second-order valence-corrected chi connectivity index (χ2v) is 4.98. The van der Waals surface area contributed by atoms with Crippen LogP contribution in [-0.2, 0) is 10.8 Å². The van der Waals surface area contributed by atoms with Crippen LogP contribution in [0.1, 0.15) is 20.3 Å². The molecule has 0 N–H and O–H groups in total. The summed E-state index contributed by atoms with van der Waals surface area (Å²) in [5, 5.41) is 0. The summed E-state index contributed by atoms with van der Waals surface area (Å²) in [6, 6.07) is 6.02. The van der Waals surface area contributed by atoms with Crippen LogP contribution in [0, 0.1) is 11.7 Å². The first-order valence-electron chi connectivity index (χ1n) is 4.77. The van der Waals surface area contributed by atoms with E-state index in [0.29, 0.717) is 16.6 Å². The molecule has 2 atom stereocenters. The summed E-state index contributed by atoms with van der Waals surface area (Å²) >= 11 is 0. The van der Waals surface area contributed by atoms with Crippen LogP contribution in [0.4, 0.5) is 4.39 Å². The Morgan fingerprint density at radius 2 is 2.21 bits per heavy atom. The van der Waals surface area contributed by atoms with Crippen molar-refractivity contribution in [2.45, 2.75) is 25.2 Å². The Kier molecular flexibility index (Phi) is 4.26. The monoisotopic (exact) mass is 214 g/mol. The van der Waals surface area contributed by atoms with Gasteiger partial charge in [0.15, 0.2) is 0 Å². The van der Waals surface area contributed by atoms with E-state index < -0.39 is 10.8 Å². The van der Waals surface area contributed by atoms with Crippen molar-refractivity contribution in [2.75, 3.05) is 5.75 Å². The molecule has 0 aliphatic carbocycles. The van der Waals surface area contributed by atoms with Crippen LogP contribution in [0.15, 0.2) is 29.2 Å². The van der Waals surface area contributed by atoms with Gasteiger partial charge < -0.3 is 0 Å². The lowest BCUT2D eigenvalue weighted by atomic mass is 10.2. The molecule has 0 fully saturated rings. The maximum atomic E-state index is 12.8. The molecule has 0 aliphatic rings. The van der Waals surface area contributed by atoms with Gasteiger partial charge in [0.1, 0.15) is 5.82 Å². The highest BCUT2D eigenvalue weighted by Crippen LogP contribution is 2.12. The minimum absolute atomic E-state index is 0.319. The third-order valence-corrected chi connectivity index (χ3v) is 3.84. The summed E-state index contributed by atoms with van der Waals surface area (Å²) in [7, 11) is -1.06. The van der Waals surface area contributed by atoms with Gasteiger partial charge >= 0.3 is 0 Å². The Balaban J connectivity index is 2.70. The average molecular weight is 214 g/mol. The molecule has 3 heteroatoms. The molecule has 0 aromatic heterocycles. The third kappa shape index (κ3) is 3.22. The summed E-state index contributed by atoms with van der Waals surface area (Å²) in [4.78, 5) is 0.588. The van der Waals surface area contributed by atoms with Crippen LogP contribution in [0.2, 0.25) is 0 Å². The summed E-state index contributed by atoms with van der Waals surface area (Å²) in [6.45, 7) is 4.12.